The molecule has 168 valence electrons. The van der Waals surface area contributed by atoms with Crippen LogP contribution in [-0.2, 0) is 17.9 Å². The van der Waals surface area contributed by atoms with Gasteiger partial charge >= 0.3 is 0 Å². The minimum atomic E-state index is -0.0443. The molecule has 7 nitrogen and oxygen atoms in total. The molecule has 0 aliphatic heterocycles. The number of amides is 1. The second kappa shape index (κ2) is 10.6. The molecule has 32 heavy (non-hydrogen) atoms. The van der Waals surface area contributed by atoms with Crippen molar-refractivity contribution in [3.05, 3.63) is 77.1 Å². The van der Waals surface area contributed by atoms with Crippen LogP contribution in [0.4, 0.5) is 5.69 Å². The molecule has 0 spiro atoms. The predicted molar refractivity (Wildman–Crippen MR) is 130 cm³/mol. The third-order valence-electron chi connectivity index (χ3n) is 5.11. The molecular weight excluding hydrogens is 400 g/mol. The highest BCUT2D eigenvalue weighted by molar-refractivity contribution is 5.92. The Hall–Kier alpha value is -3.61. The molecule has 3 aromatic rings. The number of aryl methyl sites for hydroxylation is 2. The van der Waals surface area contributed by atoms with Gasteiger partial charge in [-0.15, -0.1) is 0 Å². The van der Waals surface area contributed by atoms with Gasteiger partial charge in [0.2, 0.25) is 5.91 Å². The number of para-hydroxylation sites is 1. The lowest BCUT2D eigenvalue weighted by atomic mass is 10.1. The van der Waals surface area contributed by atoms with E-state index in [0.717, 1.165) is 33.9 Å². The average Bonchev–Trinajstić information content (AvgIpc) is 3.12. The molecule has 0 saturated carbocycles. The van der Waals surface area contributed by atoms with E-state index in [2.05, 4.69) is 51.2 Å². The molecule has 0 fully saturated rings. The van der Waals surface area contributed by atoms with E-state index >= 15 is 0 Å². The molecule has 0 atom stereocenters. The van der Waals surface area contributed by atoms with Crippen molar-refractivity contribution in [2.75, 3.05) is 12.4 Å². The molecule has 3 N–H and O–H groups in total. The predicted octanol–water partition coefficient (Wildman–Crippen LogP) is 3.95. The van der Waals surface area contributed by atoms with Gasteiger partial charge in [0.1, 0.15) is 0 Å². The number of nitrogens with one attached hydrogen (secondary N) is 3. The number of anilines is 1. The van der Waals surface area contributed by atoms with Crippen molar-refractivity contribution in [3.63, 3.8) is 0 Å². The first-order valence-electron chi connectivity index (χ1n) is 10.8. The Morgan fingerprint density at radius 2 is 1.72 bits per heavy atom. The zero-order chi connectivity index (χ0) is 23.1. The van der Waals surface area contributed by atoms with Crippen LogP contribution in [-0.4, -0.2) is 28.7 Å². The van der Waals surface area contributed by atoms with Crippen LogP contribution >= 0.6 is 0 Å². The number of rotatable bonds is 7. The molecule has 1 heterocycles. The van der Waals surface area contributed by atoms with Crippen LogP contribution in [0.15, 0.2) is 59.6 Å². The number of aliphatic imine (C=N–C) groups is 1. The van der Waals surface area contributed by atoms with E-state index in [9.17, 15) is 4.79 Å². The number of carbonyl (C=O) groups is 1. The van der Waals surface area contributed by atoms with Crippen molar-refractivity contribution < 1.29 is 4.79 Å². The molecule has 1 aromatic heterocycles. The number of guanidine groups is 1. The van der Waals surface area contributed by atoms with Gasteiger partial charge in [-0.2, -0.15) is 5.10 Å². The second-order valence-electron chi connectivity index (χ2n) is 8.09. The Bertz CT molecular complexity index is 1080. The number of hydrogen-bond donors (Lipinski definition) is 3. The Kier molecular flexibility index (Phi) is 7.65. The molecule has 0 radical (unpaired) electrons. The van der Waals surface area contributed by atoms with Crippen molar-refractivity contribution >= 4 is 17.6 Å². The van der Waals surface area contributed by atoms with E-state index in [1.54, 1.807) is 7.05 Å². The van der Waals surface area contributed by atoms with Crippen molar-refractivity contribution in [2.45, 2.75) is 40.8 Å². The summed E-state index contributed by atoms with van der Waals surface area (Å²) in [5.74, 6) is 0.684. The summed E-state index contributed by atoms with van der Waals surface area (Å²) in [6.07, 6.45) is 0. The van der Waals surface area contributed by atoms with E-state index in [4.69, 9.17) is 0 Å². The second-order valence-corrected chi connectivity index (χ2v) is 8.09. The number of carbonyl (C=O) groups excluding carboxylic acids is 1. The maximum atomic E-state index is 11.8. The number of aromatic nitrogens is 2. The van der Waals surface area contributed by atoms with Gasteiger partial charge in [0, 0.05) is 37.4 Å². The van der Waals surface area contributed by atoms with Gasteiger partial charge in [-0.05, 0) is 49.2 Å². The number of benzene rings is 2. The summed E-state index contributed by atoms with van der Waals surface area (Å²) in [4.78, 5) is 16.2. The molecule has 0 unspecified atom stereocenters. The summed E-state index contributed by atoms with van der Waals surface area (Å²) in [7, 11) is 1.76. The summed E-state index contributed by atoms with van der Waals surface area (Å²) < 4.78 is 1.97. The van der Waals surface area contributed by atoms with E-state index in [0.29, 0.717) is 19.0 Å². The quantitative estimate of drug-likeness (QED) is 0.390. The molecule has 2 aromatic carbocycles. The fourth-order valence-corrected chi connectivity index (χ4v) is 3.32. The molecule has 3 rings (SSSR count). The van der Waals surface area contributed by atoms with Gasteiger partial charge in [-0.1, -0.05) is 44.2 Å². The van der Waals surface area contributed by atoms with E-state index in [-0.39, 0.29) is 11.8 Å². The minimum absolute atomic E-state index is 0.0150. The van der Waals surface area contributed by atoms with Crippen LogP contribution in [0.2, 0.25) is 0 Å². The summed E-state index contributed by atoms with van der Waals surface area (Å²) >= 11 is 0. The van der Waals surface area contributed by atoms with Crippen molar-refractivity contribution in [1.29, 1.82) is 0 Å². The smallest absolute Gasteiger partial charge is 0.226 e. The third kappa shape index (κ3) is 5.97. The highest BCUT2D eigenvalue weighted by atomic mass is 16.1. The summed E-state index contributed by atoms with van der Waals surface area (Å²) in [6, 6.07) is 18.1. The van der Waals surface area contributed by atoms with Gasteiger partial charge in [-0.3, -0.25) is 9.79 Å². The first-order chi connectivity index (χ1) is 15.4. The minimum Gasteiger partial charge on any atom is -0.352 e. The SMILES string of the molecule is CN=C(NCc1ccc(NC(=O)C(C)C)cc1)NCc1ccccc1-n1nc(C)cc1C. The largest absolute Gasteiger partial charge is 0.352 e. The molecule has 0 bridgehead atoms. The van der Waals surface area contributed by atoms with Crippen molar-refractivity contribution in [1.82, 2.24) is 20.4 Å². The summed E-state index contributed by atoms with van der Waals surface area (Å²) in [5.41, 5.74) is 6.18. The molecule has 0 saturated heterocycles. The first kappa shape index (κ1) is 23.1. The summed E-state index contributed by atoms with van der Waals surface area (Å²) in [5, 5.41) is 14.2. The monoisotopic (exact) mass is 432 g/mol. The zero-order valence-electron chi connectivity index (χ0n) is 19.4. The van der Waals surface area contributed by atoms with Crippen LogP contribution in [0.25, 0.3) is 5.69 Å². The average molecular weight is 433 g/mol. The Morgan fingerprint density at radius 1 is 1.03 bits per heavy atom. The van der Waals surface area contributed by atoms with Crippen LogP contribution < -0.4 is 16.0 Å². The van der Waals surface area contributed by atoms with Crippen LogP contribution in [0.5, 0.6) is 0 Å². The topological polar surface area (TPSA) is 83.3 Å². The Labute approximate surface area is 190 Å². The van der Waals surface area contributed by atoms with Crippen LogP contribution in [0.1, 0.15) is 36.4 Å². The van der Waals surface area contributed by atoms with Gasteiger partial charge < -0.3 is 16.0 Å². The van der Waals surface area contributed by atoms with E-state index in [1.165, 1.54) is 0 Å². The lowest BCUT2D eigenvalue weighted by Crippen LogP contribution is -2.36. The standard InChI is InChI=1S/C25H32N6O/c1-17(2)24(32)29-22-12-10-20(11-13-22)15-27-25(26-5)28-16-21-8-6-7-9-23(21)31-19(4)14-18(3)30-31/h6-14,17H,15-16H2,1-5H3,(H,29,32)(H2,26,27,28). The molecule has 0 aliphatic rings. The normalized spacial score (nSPS) is 11.5. The van der Waals surface area contributed by atoms with Gasteiger partial charge in [0.15, 0.2) is 5.96 Å². The maximum Gasteiger partial charge on any atom is 0.226 e. The highest BCUT2D eigenvalue weighted by Gasteiger charge is 2.10. The van der Waals surface area contributed by atoms with Gasteiger partial charge in [-0.25, -0.2) is 4.68 Å². The van der Waals surface area contributed by atoms with Crippen LogP contribution in [0.3, 0.4) is 0 Å². The number of nitrogens with zero attached hydrogens (tertiary/aromatic N) is 3. The van der Waals surface area contributed by atoms with Crippen LogP contribution in [0, 0.1) is 19.8 Å². The van der Waals surface area contributed by atoms with E-state index < -0.39 is 0 Å². The van der Waals surface area contributed by atoms with Crippen molar-refractivity contribution in [2.24, 2.45) is 10.9 Å². The molecular formula is C25H32N6O. The lowest BCUT2D eigenvalue weighted by Gasteiger charge is -2.15. The van der Waals surface area contributed by atoms with Gasteiger partial charge in [0.05, 0.1) is 11.4 Å². The van der Waals surface area contributed by atoms with E-state index in [1.807, 2.05) is 61.9 Å². The summed E-state index contributed by atoms with van der Waals surface area (Å²) in [6.45, 7) is 9.06. The fourth-order valence-electron chi connectivity index (χ4n) is 3.32. The fraction of sp³-hybridized carbons (Fsp3) is 0.320. The Morgan fingerprint density at radius 3 is 2.34 bits per heavy atom. The Balaban J connectivity index is 1.58. The molecule has 1 amide bonds. The van der Waals surface area contributed by atoms with Gasteiger partial charge in [0.25, 0.3) is 0 Å². The van der Waals surface area contributed by atoms with Crippen molar-refractivity contribution in [3.8, 4) is 5.69 Å². The maximum absolute atomic E-state index is 11.8. The molecule has 7 heteroatoms. The number of hydrogen-bond acceptors (Lipinski definition) is 3. The lowest BCUT2D eigenvalue weighted by molar-refractivity contribution is -0.118. The zero-order valence-corrected chi connectivity index (χ0v) is 19.4. The molecule has 0 aliphatic carbocycles. The first-order valence-corrected chi connectivity index (χ1v) is 10.8. The highest BCUT2D eigenvalue weighted by Crippen LogP contribution is 2.17. The third-order valence-corrected chi connectivity index (χ3v) is 5.11.